The van der Waals surface area contributed by atoms with Gasteiger partial charge >= 0.3 is 6.18 Å². The molecule has 9 heteroatoms. The Morgan fingerprint density at radius 3 is 2.69 bits per heavy atom. The Morgan fingerprint density at radius 2 is 2.00 bits per heavy atom. The van der Waals surface area contributed by atoms with Crippen molar-refractivity contribution in [3.63, 3.8) is 0 Å². The predicted octanol–water partition coefficient (Wildman–Crippen LogP) is 4.12. The molecule has 5 nitrogen and oxygen atoms in total. The number of benzene rings is 2. The van der Waals surface area contributed by atoms with E-state index < -0.39 is 17.6 Å². The first-order chi connectivity index (χ1) is 12.3. The van der Waals surface area contributed by atoms with Gasteiger partial charge in [0.1, 0.15) is 12.7 Å². The molecule has 3 rings (SSSR count). The van der Waals surface area contributed by atoms with Crippen LogP contribution in [0.15, 0.2) is 55.1 Å². The summed E-state index contributed by atoms with van der Waals surface area (Å²) in [6, 6.07) is 9.45. The quantitative estimate of drug-likeness (QED) is 0.740. The molecule has 0 bridgehead atoms. The number of nitrogens with zero attached hydrogens (tertiary/aromatic N) is 3. The van der Waals surface area contributed by atoms with Crippen molar-refractivity contribution in [2.75, 3.05) is 5.32 Å². The van der Waals surface area contributed by atoms with E-state index in [2.05, 4.69) is 15.4 Å². The smallest absolute Gasteiger partial charge is 0.324 e. The summed E-state index contributed by atoms with van der Waals surface area (Å²) in [7, 11) is 0. The molecule has 0 spiro atoms. The second-order valence-electron chi connectivity index (χ2n) is 5.42. The van der Waals surface area contributed by atoms with Crippen molar-refractivity contribution in [2.24, 2.45) is 0 Å². The lowest BCUT2D eigenvalue weighted by Crippen LogP contribution is -2.16. The summed E-state index contributed by atoms with van der Waals surface area (Å²) in [6.07, 6.45) is -1.89. The largest absolute Gasteiger partial charge is 0.416 e. The van der Waals surface area contributed by atoms with Crippen LogP contribution in [0.25, 0.3) is 5.69 Å². The first kappa shape index (κ1) is 17.9. The van der Waals surface area contributed by atoms with Crippen LogP contribution in [0.5, 0.6) is 0 Å². The van der Waals surface area contributed by atoms with Gasteiger partial charge in [-0.25, -0.2) is 9.67 Å². The summed E-state index contributed by atoms with van der Waals surface area (Å²) in [5, 5.41) is 7.04. The van der Waals surface area contributed by atoms with Crippen LogP contribution in [0.4, 0.5) is 18.9 Å². The molecule has 1 N–H and O–H groups in total. The molecule has 0 aliphatic carbocycles. The van der Waals surface area contributed by atoms with Crippen LogP contribution in [-0.2, 0) is 17.4 Å². The van der Waals surface area contributed by atoms with Gasteiger partial charge in [0, 0.05) is 5.02 Å². The van der Waals surface area contributed by atoms with Crippen molar-refractivity contribution < 1.29 is 18.0 Å². The number of carbonyl (C=O) groups excluding carboxylic acids is 1. The second-order valence-corrected chi connectivity index (χ2v) is 5.86. The van der Waals surface area contributed by atoms with Crippen molar-refractivity contribution in [1.82, 2.24) is 14.8 Å². The third-order valence-corrected chi connectivity index (χ3v) is 3.75. The molecule has 0 aliphatic rings. The first-order valence-electron chi connectivity index (χ1n) is 7.43. The normalized spacial score (nSPS) is 11.4. The number of rotatable bonds is 4. The number of anilines is 1. The Morgan fingerprint density at radius 1 is 1.19 bits per heavy atom. The van der Waals surface area contributed by atoms with Crippen LogP contribution in [0.1, 0.15) is 11.1 Å². The first-order valence-corrected chi connectivity index (χ1v) is 7.81. The number of halogens is 4. The molecule has 0 aliphatic heterocycles. The zero-order valence-electron chi connectivity index (χ0n) is 13.2. The average Bonchev–Trinajstić information content (AvgIpc) is 3.08. The minimum absolute atomic E-state index is 0.215. The summed E-state index contributed by atoms with van der Waals surface area (Å²) in [4.78, 5) is 16.1. The monoisotopic (exact) mass is 380 g/mol. The summed E-state index contributed by atoms with van der Waals surface area (Å²) in [5.41, 5.74) is 0.361. The highest BCUT2D eigenvalue weighted by molar-refractivity contribution is 6.31. The van der Waals surface area contributed by atoms with E-state index in [0.717, 1.165) is 12.1 Å². The predicted molar refractivity (Wildman–Crippen MR) is 90.1 cm³/mol. The van der Waals surface area contributed by atoms with Crippen LogP contribution in [0.3, 0.4) is 0 Å². The highest BCUT2D eigenvalue weighted by Crippen LogP contribution is 2.30. The summed E-state index contributed by atoms with van der Waals surface area (Å²) in [5.74, 6) is -0.479. The number of hydrogen-bond donors (Lipinski definition) is 1. The molecule has 2 aromatic carbocycles. The maximum absolute atomic E-state index is 12.8. The number of hydrogen-bond acceptors (Lipinski definition) is 3. The van der Waals surface area contributed by atoms with Crippen LogP contribution < -0.4 is 5.32 Å². The van der Waals surface area contributed by atoms with Crippen molar-refractivity contribution in [1.29, 1.82) is 0 Å². The molecule has 1 heterocycles. The van der Waals surface area contributed by atoms with Gasteiger partial charge in [-0.05, 0) is 29.8 Å². The van der Waals surface area contributed by atoms with Gasteiger partial charge in [0.05, 0.1) is 23.4 Å². The maximum Gasteiger partial charge on any atom is 0.416 e. The van der Waals surface area contributed by atoms with Crippen molar-refractivity contribution in [3.05, 3.63) is 71.3 Å². The Kier molecular flexibility index (Phi) is 4.94. The molecule has 0 radical (unpaired) electrons. The van der Waals surface area contributed by atoms with Crippen molar-refractivity contribution >= 4 is 23.2 Å². The van der Waals surface area contributed by atoms with E-state index in [1.54, 1.807) is 12.1 Å². The van der Waals surface area contributed by atoms with Gasteiger partial charge in [-0.15, -0.1) is 0 Å². The van der Waals surface area contributed by atoms with E-state index in [-0.39, 0.29) is 12.0 Å². The molecular weight excluding hydrogens is 369 g/mol. The lowest BCUT2D eigenvalue weighted by molar-refractivity contribution is -0.137. The number of carbonyl (C=O) groups is 1. The fourth-order valence-corrected chi connectivity index (χ4v) is 2.55. The van der Waals surface area contributed by atoms with Gasteiger partial charge in [0.25, 0.3) is 0 Å². The van der Waals surface area contributed by atoms with E-state index in [1.807, 2.05) is 0 Å². The van der Waals surface area contributed by atoms with Gasteiger partial charge in [0.15, 0.2) is 0 Å². The highest BCUT2D eigenvalue weighted by Gasteiger charge is 2.30. The standard InChI is InChI=1S/C17H12ClF3N4O/c18-13-4-5-15(25-10-22-9-23-25)14(8-13)24-16(26)7-11-2-1-3-12(6-11)17(19,20)21/h1-6,8-10H,7H2,(H,24,26). The van der Waals surface area contributed by atoms with Crippen LogP contribution in [0, 0.1) is 0 Å². The summed E-state index contributed by atoms with van der Waals surface area (Å²) in [6.45, 7) is 0. The van der Waals surface area contributed by atoms with E-state index in [9.17, 15) is 18.0 Å². The fraction of sp³-hybridized carbons (Fsp3) is 0.118. The minimum atomic E-state index is -4.46. The summed E-state index contributed by atoms with van der Waals surface area (Å²) >= 11 is 5.97. The maximum atomic E-state index is 12.8. The van der Waals surface area contributed by atoms with Crippen LogP contribution >= 0.6 is 11.6 Å². The third-order valence-electron chi connectivity index (χ3n) is 3.52. The highest BCUT2D eigenvalue weighted by atomic mass is 35.5. The zero-order chi connectivity index (χ0) is 18.7. The Hall–Kier alpha value is -2.87. The molecule has 26 heavy (non-hydrogen) atoms. The van der Waals surface area contributed by atoms with Gasteiger partial charge in [-0.1, -0.05) is 29.8 Å². The average molecular weight is 381 g/mol. The molecule has 0 atom stereocenters. The molecule has 1 aromatic heterocycles. The van der Waals surface area contributed by atoms with Crippen LogP contribution in [0.2, 0.25) is 5.02 Å². The lowest BCUT2D eigenvalue weighted by atomic mass is 10.1. The molecule has 1 amide bonds. The molecule has 3 aromatic rings. The fourth-order valence-electron chi connectivity index (χ4n) is 2.38. The molecule has 0 unspecified atom stereocenters. The number of nitrogens with one attached hydrogen (secondary N) is 1. The van der Waals surface area contributed by atoms with Gasteiger partial charge in [0.2, 0.25) is 5.91 Å². The molecule has 134 valence electrons. The SMILES string of the molecule is O=C(Cc1cccc(C(F)(F)F)c1)Nc1cc(Cl)ccc1-n1cncn1. The molecule has 0 saturated heterocycles. The van der Waals surface area contributed by atoms with Crippen molar-refractivity contribution in [2.45, 2.75) is 12.6 Å². The van der Waals surface area contributed by atoms with E-state index in [4.69, 9.17) is 11.6 Å². The third kappa shape index (κ3) is 4.20. The number of amides is 1. The van der Waals surface area contributed by atoms with E-state index in [0.29, 0.717) is 16.4 Å². The van der Waals surface area contributed by atoms with Crippen molar-refractivity contribution in [3.8, 4) is 5.69 Å². The second kappa shape index (κ2) is 7.17. The zero-order valence-corrected chi connectivity index (χ0v) is 13.9. The lowest BCUT2D eigenvalue weighted by Gasteiger charge is -2.12. The molecular formula is C17H12ClF3N4O. The minimum Gasteiger partial charge on any atom is -0.324 e. The molecule has 0 fully saturated rings. The van der Waals surface area contributed by atoms with Gasteiger partial charge in [-0.3, -0.25) is 4.79 Å². The Bertz CT molecular complexity index is 926. The van der Waals surface area contributed by atoms with Gasteiger partial charge < -0.3 is 5.32 Å². The summed E-state index contributed by atoms with van der Waals surface area (Å²) < 4.78 is 39.8. The number of alkyl halides is 3. The van der Waals surface area contributed by atoms with E-state index in [1.165, 1.54) is 35.5 Å². The van der Waals surface area contributed by atoms with Gasteiger partial charge in [-0.2, -0.15) is 18.3 Å². The van der Waals surface area contributed by atoms with E-state index >= 15 is 0 Å². The molecule has 0 saturated carbocycles. The topological polar surface area (TPSA) is 59.8 Å². The Balaban J connectivity index is 1.80. The Labute approximate surface area is 151 Å². The number of aromatic nitrogens is 3. The van der Waals surface area contributed by atoms with Crippen LogP contribution in [-0.4, -0.2) is 20.7 Å².